The van der Waals surface area contributed by atoms with E-state index in [9.17, 15) is 4.79 Å². The SMILES string of the molecule is COCc1nsc(N2CCN(C(=O)C(C)(C)C)CC2)n1. The Balaban J connectivity index is 1.92. The van der Waals surface area contributed by atoms with Gasteiger partial charge in [-0.2, -0.15) is 4.37 Å². The highest BCUT2D eigenvalue weighted by Crippen LogP contribution is 2.22. The quantitative estimate of drug-likeness (QED) is 0.844. The number of aromatic nitrogens is 2. The number of rotatable bonds is 3. The second kappa shape index (κ2) is 6.05. The number of hydrogen-bond donors (Lipinski definition) is 0. The number of carbonyl (C=O) groups is 1. The molecule has 1 aromatic heterocycles. The highest BCUT2D eigenvalue weighted by atomic mass is 32.1. The van der Waals surface area contributed by atoms with E-state index >= 15 is 0 Å². The van der Waals surface area contributed by atoms with E-state index in [0.717, 1.165) is 37.1 Å². The lowest BCUT2D eigenvalue weighted by atomic mass is 9.94. The molecule has 0 bridgehead atoms. The first-order valence-electron chi connectivity index (χ1n) is 6.77. The molecular weight excluding hydrogens is 276 g/mol. The zero-order valence-corrected chi connectivity index (χ0v) is 13.4. The van der Waals surface area contributed by atoms with Gasteiger partial charge in [0.15, 0.2) is 5.82 Å². The lowest BCUT2D eigenvalue weighted by molar-refractivity contribution is -0.139. The molecule has 7 heteroatoms. The minimum atomic E-state index is -0.309. The molecule has 0 N–H and O–H groups in total. The molecule has 0 atom stereocenters. The normalized spacial score (nSPS) is 16.6. The summed E-state index contributed by atoms with van der Waals surface area (Å²) < 4.78 is 9.28. The fraction of sp³-hybridized carbons (Fsp3) is 0.769. The molecule has 1 fully saturated rings. The Labute approximate surface area is 123 Å². The predicted octanol–water partition coefficient (Wildman–Crippen LogP) is 1.38. The van der Waals surface area contributed by atoms with Crippen LogP contribution in [0.15, 0.2) is 0 Å². The summed E-state index contributed by atoms with van der Waals surface area (Å²) in [5.74, 6) is 0.940. The summed E-state index contributed by atoms with van der Waals surface area (Å²) in [4.78, 5) is 20.8. The summed E-state index contributed by atoms with van der Waals surface area (Å²) in [5, 5.41) is 0.917. The average Bonchev–Trinajstić information content (AvgIpc) is 2.86. The van der Waals surface area contributed by atoms with E-state index in [-0.39, 0.29) is 11.3 Å². The van der Waals surface area contributed by atoms with Crippen molar-refractivity contribution in [3.63, 3.8) is 0 Å². The summed E-state index contributed by atoms with van der Waals surface area (Å²) in [5.41, 5.74) is -0.309. The maximum absolute atomic E-state index is 12.2. The Bertz CT molecular complexity index is 461. The number of carbonyl (C=O) groups excluding carboxylic acids is 1. The van der Waals surface area contributed by atoms with E-state index in [4.69, 9.17) is 4.74 Å². The van der Waals surface area contributed by atoms with E-state index in [0.29, 0.717) is 6.61 Å². The highest BCUT2D eigenvalue weighted by Gasteiger charge is 2.30. The predicted molar refractivity (Wildman–Crippen MR) is 78.9 cm³/mol. The highest BCUT2D eigenvalue weighted by molar-refractivity contribution is 7.09. The zero-order valence-electron chi connectivity index (χ0n) is 12.5. The van der Waals surface area contributed by atoms with Crippen LogP contribution >= 0.6 is 11.5 Å². The Kier molecular flexibility index (Phi) is 4.59. The molecular formula is C13H22N4O2S. The summed E-state index contributed by atoms with van der Waals surface area (Å²) in [6, 6.07) is 0. The van der Waals surface area contributed by atoms with Crippen LogP contribution in [-0.2, 0) is 16.1 Å². The molecule has 1 amide bonds. The molecule has 6 nitrogen and oxygen atoms in total. The maximum Gasteiger partial charge on any atom is 0.228 e. The molecule has 0 saturated carbocycles. The van der Waals surface area contributed by atoms with Gasteiger partial charge in [-0.05, 0) is 0 Å². The number of ether oxygens (including phenoxy) is 1. The zero-order chi connectivity index (χ0) is 14.8. The molecule has 2 rings (SSSR count). The van der Waals surface area contributed by atoms with Crippen molar-refractivity contribution in [3.8, 4) is 0 Å². The molecule has 0 aliphatic carbocycles. The van der Waals surface area contributed by atoms with E-state index < -0.39 is 0 Å². The van der Waals surface area contributed by atoms with Gasteiger partial charge in [0.2, 0.25) is 11.0 Å². The first-order chi connectivity index (χ1) is 9.41. The number of hydrogen-bond acceptors (Lipinski definition) is 6. The molecule has 112 valence electrons. The van der Waals surface area contributed by atoms with Crippen LogP contribution in [0, 0.1) is 5.41 Å². The second-order valence-electron chi connectivity index (χ2n) is 5.96. The van der Waals surface area contributed by atoms with Crippen molar-refractivity contribution in [1.82, 2.24) is 14.3 Å². The van der Waals surface area contributed by atoms with Gasteiger partial charge in [-0.3, -0.25) is 4.79 Å². The van der Waals surface area contributed by atoms with Gasteiger partial charge in [-0.25, -0.2) is 4.98 Å². The standard InChI is InChI=1S/C13H22N4O2S/c1-13(2,3)11(18)16-5-7-17(8-6-16)12-14-10(9-19-4)15-20-12/h5-9H2,1-4H3. The molecule has 0 aromatic carbocycles. The smallest absolute Gasteiger partial charge is 0.228 e. The number of nitrogens with zero attached hydrogens (tertiary/aromatic N) is 4. The van der Waals surface area contributed by atoms with Gasteiger partial charge >= 0.3 is 0 Å². The van der Waals surface area contributed by atoms with Gasteiger partial charge in [0.25, 0.3) is 0 Å². The van der Waals surface area contributed by atoms with Crippen LogP contribution in [0.2, 0.25) is 0 Å². The molecule has 0 spiro atoms. The lowest BCUT2D eigenvalue weighted by Crippen LogP contribution is -2.51. The van der Waals surface area contributed by atoms with Gasteiger partial charge in [0.1, 0.15) is 6.61 Å². The Morgan fingerprint density at radius 3 is 2.50 bits per heavy atom. The van der Waals surface area contributed by atoms with Crippen molar-refractivity contribution >= 4 is 22.6 Å². The third-order valence-electron chi connectivity index (χ3n) is 3.21. The molecule has 2 heterocycles. The van der Waals surface area contributed by atoms with E-state index in [1.807, 2.05) is 25.7 Å². The number of anilines is 1. The van der Waals surface area contributed by atoms with E-state index in [2.05, 4.69) is 14.3 Å². The van der Waals surface area contributed by atoms with Crippen molar-refractivity contribution in [2.75, 3.05) is 38.2 Å². The summed E-state index contributed by atoms with van der Waals surface area (Å²) >= 11 is 1.39. The van der Waals surface area contributed by atoms with Crippen molar-refractivity contribution in [1.29, 1.82) is 0 Å². The van der Waals surface area contributed by atoms with Gasteiger partial charge in [-0.15, -0.1) is 0 Å². The Hall–Kier alpha value is -1.21. The first kappa shape index (κ1) is 15.2. The van der Waals surface area contributed by atoms with Gasteiger partial charge < -0.3 is 14.5 Å². The average molecular weight is 298 g/mol. The third-order valence-corrected chi connectivity index (χ3v) is 4.02. The van der Waals surface area contributed by atoms with Crippen LogP contribution < -0.4 is 4.90 Å². The fourth-order valence-corrected chi connectivity index (χ4v) is 2.86. The topological polar surface area (TPSA) is 58.6 Å². The molecule has 1 saturated heterocycles. The third kappa shape index (κ3) is 3.46. The van der Waals surface area contributed by atoms with Crippen molar-refractivity contribution in [2.24, 2.45) is 5.41 Å². The van der Waals surface area contributed by atoms with Crippen LogP contribution in [0.25, 0.3) is 0 Å². The van der Waals surface area contributed by atoms with Crippen LogP contribution in [-0.4, -0.2) is 53.5 Å². The number of amides is 1. The molecule has 0 radical (unpaired) electrons. The van der Waals surface area contributed by atoms with Crippen molar-refractivity contribution in [3.05, 3.63) is 5.82 Å². The van der Waals surface area contributed by atoms with E-state index in [1.165, 1.54) is 11.5 Å². The van der Waals surface area contributed by atoms with E-state index in [1.54, 1.807) is 7.11 Å². The number of methoxy groups -OCH3 is 1. The minimum Gasteiger partial charge on any atom is -0.377 e. The van der Waals surface area contributed by atoms with Gasteiger partial charge in [-0.1, -0.05) is 20.8 Å². The van der Waals surface area contributed by atoms with Crippen molar-refractivity contribution < 1.29 is 9.53 Å². The van der Waals surface area contributed by atoms with Crippen LogP contribution in [0.5, 0.6) is 0 Å². The molecule has 1 aliphatic rings. The van der Waals surface area contributed by atoms with Gasteiger partial charge in [0, 0.05) is 50.2 Å². The van der Waals surface area contributed by atoms with Crippen LogP contribution in [0.1, 0.15) is 26.6 Å². The monoisotopic (exact) mass is 298 g/mol. The summed E-state index contributed by atoms with van der Waals surface area (Å²) in [7, 11) is 1.64. The van der Waals surface area contributed by atoms with Crippen LogP contribution in [0.4, 0.5) is 5.13 Å². The Morgan fingerprint density at radius 1 is 1.30 bits per heavy atom. The summed E-state index contributed by atoms with van der Waals surface area (Å²) in [6.07, 6.45) is 0. The summed E-state index contributed by atoms with van der Waals surface area (Å²) in [6.45, 7) is 9.44. The first-order valence-corrected chi connectivity index (χ1v) is 7.55. The van der Waals surface area contributed by atoms with Gasteiger partial charge in [0.05, 0.1) is 0 Å². The molecule has 0 unspecified atom stereocenters. The van der Waals surface area contributed by atoms with Crippen molar-refractivity contribution in [2.45, 2.75) is 27.4 Å². The fourth-order valence-electron chi connectivity index (χ4n) is 2.14. The molecule has 1 aliphatic heterocycles. The molecule has 1 aromatic rings. The number of piperazine rings is 1. The van der Waals surface area contributed by atoms with Crippen LogP contribution in [0.3, 0.4) is 0 Å². The second-order valence-corrected chi connectivity index (χ2v) is 6.69. The largest absolute Gasteiger partial charge is 0.377 e. The maximum atomic E-state index is 12.2. The molecule has 20 heavy (non-hydrogen) atoms. The Morgan fingerprint density at radius 2 is 1.95 bits per heavy atom. The minimum absolute atomic E-state index is 0.217. The lowest BCUT2D eigenvalue weighted by Gasteiger charge is -2.37.